The van der Waals surface area contributed by atoms with Crippen LogP contribution in [-0.4, -0.2) is 35.9 Å². The van der Waals surface area contributed by atoms with E-state index in [2.05, 4.69) is 10.6 Å². The first-order valence-corrected chi connectivity index (χ1v) is 9.11. The van der Waals surface area contributed by atoms with Crippen molar-refractivity contribution in [3.63, 3.8) is 0 Å². The third kappa shape index (κ3) is 5.89. The van der Waals surface area contributed by atoms with Gasteiger partial charge >= 0.3 is 0 Å². The van der Waals surface area contributed by atoms with Crippen molar-refractivity contribution in [2.75, 3.05) is 12.0 Å². The molecular formula is C16H23ClN2O2S. The standard InChI is InChI=1S/C16H23ClN2O2S/c1-4-11(2)18-16(21)14(9-10-22-3)19-15(20)12-7-5-6-8-13(12)17/h5-8,11,14H,4,9-10H2,1-3H3,(H,18,21)(H,19,20). The maximum Gasteiger partial charge on any atom is 0.253 e. The van der Waals surface area contributed by atoms with E-state index in [4.69, 9.17) is 11.6 Å². The molecule has 0 saturated carbocycles. The minimum atomic E-state index is -0.551. The molecule has 2 atom stereocenters. The SMILES string of the molecule is CCC(C)NC(=O)C(CCSC)NC(=O)c1ccccc1Cl. The molecule has 2 unspecified atom stereocenters. The maximum atomic E-state index is 12.3. The second-order valence-electron chi connectivity index (χ2n) is 5.11. The summed E-state index contributed by atoms with van der Waals surface area (Å²) in [5, 5.41) is 6.08. The van der Waals surface area contributed by atoms with Crippen molar-refractivity contribution in [3.8, 4) is 0 Å². The summed E-state index contributed by atoms with van der Waals surface area (Å²) in [6, 6.07) is 6.35. The number of carbonyl (C=O) groups is 2. The van der Waals surface area contributed by atoms with Crippen LogP contribution in [0.5, 0.6) is 0 Å². The zero-order valence-electron chi connectivity index (χ0n) is 13.2. The molecule has 0 aliphatic carbocycles. The Morgan fingerprint density at radius 3 is 2.55 bits per heavy atom. The van der Waals surface area contributed by atoms with E-state index in [9.17, 15) is 9.59 Å². The fourth-order valence-electron chi connectivity index (χ4n) is 1.83. The molecule has 0 bridgehead atoms. The number of hydrogen-bond donors (Lipinski definition) is 2. The monoisotopic (exact) mass is 342 g/mol. The van der Waals surface area contributed by atoms with Crippen molar-refractivity contribution >= 4 is 35.2 Å². The van der Waals surface area contributed by atoms with Gasteiger partial charge in [0.1, 0.15) is 6.04 Å². The zero-order chi connectivity index (χ0) is 16.5. The third-order valence-electron chi connectivity index (χ3n) is 3.35. The number of halogens is 1. The molecule has 2 amide bonds. The highest BCUT2D eigenvalue weighted by Gasteiger charge is 2.22. The van der Waals surface area contributed by atoms with E-state index >= 15 is 0 Å². The summed E-state index contributed by atoms with van der Waals surface area (Å²) < 4.78 is 0. The number of benzene rings is 1. The highest BCUT2D eigenvalue weighted by molar-refractivity contribution is 7.98. The molecule has 0 radical (unpaired) electrons. The molecule has 0 aliphatic heterocycles. The van der Waals surface area contributed by atoms with E-state index in [1.807, 2.05) is 20.1 Å². The molecule has 22 heavy (non-hydrogen) atoms. The van der Waals surface area contributed by atoms with Gasteiger partial charge in [-0.2, -0.15) is 11.8 Å². The van der Waals surface area contributed by atoms with Gasteiger partial charge in [0.05, 0.1) is 10.6 Å². The number of nitrogens with one attached hydrogen (secondary N) is 2. The van der Waals surface area contributed by atoms with Crippen LogP contribution in [0.25, 0.3) is 0 Å². The van der Waals surface area contributed by atoms with E-state index in [-0.39, 0.29) is 17.9 Å². The Labute approximate surface area is 141 Å². The van der Waals surface area contributed by atoms with Crippen molar-refractivity contribution in [2.24, 2.45) is 0 Å². The average molecular weight is 343 g/mol. The van der Waals surface area contributed by atoms with Crippen LogP contribution in [0.2, 0.25) is 5.02 Å². The topological polar surface area (TPSA) is 58.2 Å². The number of carbonyl (C=O) groups excluding carboxylic acids is 2. The number of hydrogen-bond acceptors (Lipinski definition) is 3. The van der Waals surface area contributed by atoms with E-state index in [0.717, 1.165) is 12.2 Å². The van der Waals surface area contributed by atoms with E-state index in [0.29, 0.717) is 17.0 Å². The number of amides is 2. The molecule has 4 nitrogen and oxygen atoms in total. The fraction of sp³-hybridized carbons (Fsp3) is 0.500. The van der Waals surface area contributed by atoms with Crippen molar-refractivity contribution in [1.82, 2.24) is 10.6 Å². The molecule has 1 rings (SSSR count). The lowest BCUT2D eigenvalue weighted by Gasteiger charge is -2.21. The summed E-state index contributed by atoms with van der Waals surface area (Å²) in [4.78, 5) is 24.6. The average Bonchev–Trinajstić information content (AvgIpc) is 2.51. The van der Waals surface area contributed by atoms with Gasteiger partial charge in [-0.05, 0) is 43.9 Å². The van der Waals surface area contributed by atoms with Gasteiger partial charge in [-0.1, -0.05) is 30.7 Å². The van der Waals surface area contributed by atoms with E-state index < -0.39 is 6.04 Å². The van der Waals surface area contributed by atoms with Crippen LogP contribution in [0.15, 0.2) is 24.3 Å². The van der Waals surface area contributed by atoms with Gasteiger partial charge in [-0.3, -0.25) is 9.59 Å². The normalized spacial score (nSPS) is 13.3. The Bertz CT molecular complexity index is 511. The van der Waals surface area contributed by atoms with Gasteiger partial charge < -0.3 is 10.6 Å². The van der Waals surface area contributed by atoms with Gasteiger partial charge in [-0.15, -0.1) is 0 Å². The Morgan fingerprint density at radius 1 is 1.27 bits per heavy atom. The quantitative estimate of drug-likeness (QED) is 0.763. The first-order chi connectivity index (χ1) is 10.5. The maximum absolute atomic E-state index is 12.3. The van der Waals surface area contributed by atoms with E-state index in [1.54, 1.807) is 36.0 Å². The summed E-state index contributed by atoms with van der Waals surface area (Å²) in [5.41, 5.74) is 0.384. The Morgan fingerprint density at radius 2 is 1.95 bits per heavy atom. The first kappa shape index (κ1) is 18.8. The molecule has 0 heterocycles. The van der Waals surface area contributed by atoms with Crippen LogP contribution < -0.4 is 10.6 Å². The smallest absolute Gasteiger partial charge is 0.253 e. The summed E-state index contributed by atoms with van der Waals surface area (Å²) in [6.45, 7) is 3.95. The minimum Gasteiger partial charge on any atom is -0.352 e. The molecule has 122 valence electrons. The molecule has 0 saturated heterocycles. The van der Waals surface area contributed by atoms with Gasteiger partial charge in [0, 0.05) is 6.04 Å². The summed E-state index contributed by atoms with van der Waals surface area (Å²) in [5.74, 6) is 0.321. The van der Waals surface area contributed by atoms with Crippen LogP contribution in [0.4, 0.5) is 0 Å². The third-order valence-corrected chi connectivity index (χ3v) is 4.33. The van der Waals surface area contributed by atoms with Crippen molar-refractivity contribution in [3.05, 3.63) is 34.9 Å². The summed E-state index contributed by atoms with van der Waals surface area (Å²) in [7, 11) is 0. The lowest BCUT2D eigenvalue weighted by Crippen LogP contribution is -2.49. The summed E-state index contributed by atoms with van der Waals surface area (Å²) in [6.07, 6.45) is 3.40. The molecule has 0 fully saturated rings. The molecule has 1 aromatic rings. The van der Waals surface area contributed by atoms with Gasteiger partial charge in [0.2, 0.25) is 5.91 Å². The molecule has 1 aromatic carbocycles. The number of rotatable bonds is 8. The predicted molar refractivity (Wildman–Crippen MR) is 93.6 cm³/mol. The largest absolute Gasteiger partial charge is 0.352 e. The van der Waals surface area contributed by atoms with Gasteiger partial charge in [0.25, 0.3) is 5.91 Å². The highest BCUT2D eigenvalue weighted by atomic mass is 35.5. The Hall–Kier alpha value is -1.20. The van der Waals surface area contributed by atoms with Crippen LogP contribution in [0, 0.1) is 0 Å². The predicted octanol–water partition coefficient (Wildman–Crippen LogP) is 3.11. The first-order valence-electron chi connectivity index (χ1n) is 7.34. The highest BCUT2D eigenvalue weighted by Crippen LogP contribution is 2.15. The molecule has 6 heteroatoms. The number of thioether (sulfide) groups is 1. The van der Waals surface area contributed by atoms with E-state index in [1.165, 1.54) is 0 Å². The molecule has 2 N–H and O–H groups in total. The van der Waals surface area contributed by atoms with Crippen molar-refractivity contribution < 1.29 is 9.59 Å². The Balaban J connectivity index is 2.78. The second kappa shape index (κ2) is 9.74. The molecule has 0 aromatic heterocycles. The van der Waals surface area contributed by atoms with Crippen LogP contribution in [0.3, 0.4) is 0 Å². The lowest BCUT2D eigenvalue weighted by atomic mass is 10.1. The van der Waals surface area contributed by atoms with Crippen molar-refractivity contribution in [2.45, 2.75) is 38.8 Å². The van der Waals surface area contributed by atoms with Gasteiger partial charge in [-0.25, -0.2) is 0 Å². The second-order valence-corrected chi connectivity index (χ2v) is 6.50. The molecule has 0 aliphatic rings. The lowest BCUT2D eigenvalue weighted by molar-refractivity contribution is -0.123. The minimum absolute atomic E-state index is 0.0847. The van der Waals surface area contributed by atoms with Crippen LogP contribution >= 0.6 is 23.4 Å². The van der Waals surface area contributed by atoms with Crippen molar-refractivity contribution in [1.29, 1.82) is 0 Å². The van der Waals surface area contributed by atoms with Crippen LogP contribution in [0.1, 0.15) is 37.0 Å². The summed E-state index contributed by atoms with van der Waals surface area (Å²) >= 11 is 7.67. The zero-order valence-corrected chi connectivity index (χ0v) is 14.8. The molecule has 0 spiro atoms. The van der Waals surface area contributed by atoms with Crippen LogP contribution in [-0.2, 0) is 4.79 Å². The van der Waals surface area contributed by atoms with Gasteiger partial charge in [0.15, 0.2) is 0 Å². The molecular weight excluding hydrogens is 320 g/mol. The fourth-order valence-corrected chi connectivity index (χ4v) is 2.52. The Kier molecular flexibility index (Phi) is 8.35.